The van der Waals surface area contributed by atoms with E-state index in [1.54, 1.807) is 28.9 Å². The number of fused-ring (bicyclic) bond motifs is 3. The van der Waals surface area contributed by atoms with Crippen molar-refractivity contribution < 1.29 is 19.4 Å². The lowest BCUT2D eigenvalue weighted by Crippen LogP contribution is -2.18. The molecule has 0 unspecified atom stereocenters. The van der Waals surface area contributed by atoms with E-state index in [0.29, 0.717) is 12.4 Å². The third kappa shape index (κ3) is 4.15. The molecule has 34 heavy (non-hydrogen) atoms. The van der Waals surface area contributed by atoms with Crippen LogP contribution in [-0.4, -0.2) is 33.6 Å². The van der Waals surface area contributed by atoms with Crippen LogP contribution in [0.5, 0.6) is 0 Å². The Balaban J connectivity index is 1.25. The van der Waals surface area contributed by atoms with Gasteiger partial charge in [-0.25, -0.2) is 9.59 Å². The van der Waals surface area contributed by atoms with E-state index in [1.807, 2.05) is 37.3 Å². The van der Waals surface area contributed by atoms with Gasteiger partial charge in [0.15, 0.2) is 5.82 Å². The van der Waals surface area contributed by atoms with Crippen LogP contribution in [-0.2, 0) is 11.3 Å². The van der Waals surface area contributed by atoms with Gasteiger partial charge in [0.05, 0.1) is 12.1 Å². The van der Waals surface area contributed by atoms with Gasteiger partial charge in [0, 0.05) is 17.7 Å². The summed E-state index contributed by atoms with van der Waals surface area (Å²) in [5, 5.41) is 16.3. The van der Waals surface area contributed by atoms with Crippen LogP contribution in [0.15, 0.2) is 78.9 Å². The number of anilines is 1. The van der Waals surface area contributed by atoms with Gasteiger partial charge < -0.3 is 9.84 Å². The summed E-state index contributed by atoms with van der Waals surface area (Å²) in [6.07, 6.45) is -0.570. The van der Waals surface area contributed by atoms with E-state index in [4.69, 9.17) is 4.74 Å². The lowest BCUT2D eigenvalue weighted by atomic mass is 9.98. The fraction of sp³-hybridized carbons (Fsp3) is 0.148. The molecule has 1 aromatic heterocycles. The summed E-state index contributed by atoms with van der Waals surface area (Å²) in [6, 6.07) is 24.8. The molecule has 4 aromatic rings. The largest absolute Gasteiger partial charge is 0.478 e. The van der Waals surface area contributed by atoms with Crippen LogP contribution in [0.3, 0.4) is 0 Å². The molecule has 0 saturated carbocycles. The number of rotatable bonds is 6. The van der Waals surface area contributed by atoms with Gasteiger partial charge in [0.2, 0.25) is 0 Å². The summed E-state index contributed by atoms with van der Waals surface area (Å²) in [5.74, 6) is -0.611. The molecule has 7 nitrogen and oxygen atoms in total. The predicted octanol–water partition coefficient (Wildman–Crippen LogP) is 5.30. The van der Waals surface area contributed by atoms with E-state index in [2.05, 4.69) is 34.7 Å². The number of hydrogen-bond donors (Lipinski definition) is 2. The zero-order valence-corrected chi connectivity index (χ0v) is 18.6. The van der Waals surface area contributed by atoms with Crippen LogP contribution in [0, 0.1) is 6.92 Å². The van der Waals surface area contributed by atoms with Gasteiger partial charge in [0.25, 0.3) is 0 Å². The molecule has 0 aliphatic heterocycles. The minimum atomic E-state index is -0.975. The van der Waals surface area contributed by atoms with E-state index in [0.717, 1.165) is 22.4 Å². The van der Waals surface area contributed by atoms with E-state index in [9.17, 15) is 14.7 Å². The second kappa shape index (κ2) is 8.86. The zero-order valence-electron chi connectivity index (χ0n) is 18.6. The summed E-state index contributed by atoms with van der Waals surface area (Å²) in [4.78, 5) is 23.8. The maximum Gasteiger partial charge on any atom is 0.412 e. The Labute approximate surface area is 196 Å². The number of nitrogens with zero attached hydrogens (tertiary/aromatic N) is 2. The van der Waals surface area contributed by atoms with Gasteiger partial charge in [-0.05, 0) is 46.9 Å². The number of hydrogen-bond acceptors (Lipinski definition) is 4. The summed E-state index contributed by atoms with van der Waals surface area (Å²) < 4.78 is 7.30. The van der Waals surface area contributed by atoms with Crippen molar-refractivity contribution in [3.63, 3.8) is 0 Å². The van der Waals surface area contributed by atoms with Gasteiger partial charge in [-0.3, -0.25) is 10.00 Å². The highest BCUT2D eigenvalue weighted by molar-refractivity contribution is 5.87. The first-order valence-corrected chi connectivity index (χ1v) is 11.0. The molecular formula is C27H23N3O4. The third-order valence-electron chi connectivity index (χ3n) is 6.06. The van der Waals surface area contributed by atoms with Gasteiger partial charge in [-0.1, -0.05) is 60.7 Å². The number of aromatic nitrogens is 2. The minimum absolute atomic E-state index is 0.0149. The Morgan fingerprint density at radius 2 is 1.65 bits per heavy atom. The number of carbonyl (C=O) groups excluding carboxylic acids is 1. The number of ether oxygens (including phenoxy) is 1. The summed E-state index contributed by atoms with van der Waals surface area (Å²) >= 11 is 0. The molecular weight excluding hydrogens is 430 g/mol. The van der Waals surface area contributed by atoms with Crippen LogP contribution in [0.25, 0.3) is 11.1 Å². The smallest absolute Gasteiger partial charge is 0.412 e. The molecule has 0 bridgehead atoms. The Morgan fingerprint density at radius 3 is 2.32 bits per heavy atom. The second-order valence-corrected chi connectivity index (χ2v) is 8.28. The number of benzene rings is 3. The van der Waals surface area contributed by atoms with Crippen LogP contribution in [0.1, 0.15) is 38.7 Å². The molecule has 3 aromatic carbocycles. The van der Waals surface area contributed by atoms with Crippen molar-refractivity contribution in [2.75, 3.05) is 11.9 Å². The van der Waals surface area contributed by atoms with E-state index in [-0.39, 0.29) is 18.1 Å². The van der Waals surface area contributed by atoms with Crippen molar-refractivity contribution in [2.24, 2.45) is 0 Å². The molecule has 0 atom stereocenters. The zero-order chi connectivity index (χ0) is 23.7. The van der Waals surface area contributed by atoms with Gasteiger partial charge in [0.1, 0.15) is 6.61 Å². The quantitative estimate of drug-likeness (QED) is 0.413. The minimum Gasteiger partial charge on any atom is -0.478 e. The lowest BCUT2D eigenvalue weighted by Gasteiger charge is -2.14. The SMILES string of the molecule is Cc1cc(NC(=O)OCC2c3ccccc3-c3ccccc32)nn1Cc1cccc(C(=O)O)c1. The number of amides is 1. The Bertz CT molecular complexity index is 1350. The van der Waals surface area contributed by atoms with Crippen molar-refractivity contribution >= 4 is 17.9 Å². The monoisotopic (exact) mass is 453 g/mol. The molecule has 1 aliphatic carbocycles. The normalized spacial score (nSPS) is 12.1. The molecule has 0 saturated heterocycles. The van der Waals surface area contributed by atoms with Gasteiger partial charge in [-0.15, -0.1) is 0 Å². The molecule has 170 valence electrons. The lowest BCUT2D eigenvalue weighted by molar-refractivity contribution is 0.0696. The highest BCUT2D eigenvalue weighted by atomic mass is 16.5. The highest BCUT2D eigenvalue weighted by Crippen LogP contribution is 2.44. The topological polar surface area (TPSA) is 93.5 Å². The molecule has 0 spiro atoms. The number of nitrogens with one attached hydrogen (secondary N) is 1. The van der Waals surface area contributed by atoms with Crippen LogP contribution >= 0.6 is 0 Å². The van der Waals surface area contributed by atoms with Crippen molar-refractivity contribution in [3.05, 3.63) is 107 Å². The Morgan fingerprint density at radius 1 is 0.971 bits per heavy atom. The highest BCUT2D eigenvalue weighted by Gasteiger charge is 2.29. The molecule has 1 aliphatic rings. The average molecular weight is 453 g/mol. The maximum atomic E-state index is 12.5. The van der Waals surface area contributed by atoms with Crippen LogP contribution < -0.4 is 5.32 Å². The number of aromatic carboxylic acids is 1. The maximum absolute atomic E-state index is 12.5. The molecule has 2 N–H and O–H groups in total. The van der Waals surface area contributed by atoms with E-state index < -0.39 is 12.1 Å². The predicted molar refractivity (Wildman–Crippen MR) is 128 cm³/mol. The molecule has 1 heterocycles. The molecule has 0 fully saturated rings. The van der Waals surface area contributed by atoms with Gasteiger partial charge >= 0.3 is 12.1 Å². The fourth-order valence-corrected chi connectivity index (χ4v) is 4.45. The molecule has 1 amide bonds. The van der Waals surface area contributed by atoms with Gasteiger partial charge in [-0.2, -0.15) is 5.10 Å². The number of carboxylic acid groups (broad SMARTS) is 1. The number of carbonyl (C=O) groups is 2. The molecule has 7 heteroatoms. The van der Waals surface area contributed by atoms with Crippen molar-refractivity contribution in [1.82, 2.24) is 9.78 Å². The summed E-state index contributed by atoms with van der Waals surface area (Å²) in [7, 11) is 0. The number of aryl methyl sites for hydroxylation is 1. The first-order chi connectivity index (χ1) is 16.5. The fourth-order valence-electron chi connectivity index (χ4n) is 4.45. The van der Waals surface area contributed by atoms with Crippen LogP contribution in [0.2, 0.25) is 0 Å². The van der Waals surface area contributed by atoms with Crippen molar-refractivity contribution in [1.29, 1.82) is 0 Å². The van der Waals surface area contributed by atoms with Crippen molar-refractivity contribution in [2.45, 2.75) is 19.4 Å². The second-order valence-electron chi connectivity index (χ2n) is 8.28. The Hall–Kier alpha value is -4.39. The van der Waals surface area contributed by atoms with Crippen LogP contribution in [0.4, 0.5) is 10.6 Å². The number of carboxylic acids is 1. The summed E-state index contributed by atoms with van der Waals surface area (Å²) in [6.45, 7) is 2.48. The molecule has 5 rings (SSSR count). The third-order valence-corrected chi connectivity index (χ3v) is 6.06. The first kappa shape index (κ1) is 21.5. The van der Waals surface area contributed by atoms with Crippen molar-refractivity contribution in [3.8, 4) is 11.1 Å². The Kier molecular flexibility index (Phi) is 5.59. The van der Waals surface area contributed by atoms with E-state index in [1.165, 1.54) is 11.1 Å². The van der Waals surface area contributed by atoms with E-state index >= 15 is 0 Å². The standard InChI is InChI=1S/C27H23N3O4/c1-17-13-25(29-30(17)15-18-7-6-8-19(14-18)26(31)32)28-27(33)34-16-24-22-11-4-2-9-20(22)21-10-3-5-12-23(21)24/h2-14,24H,15-16H2,1H3,(H,31,32)(H,28,29,33). The first-order valence-electron chi connectivity index (χ1n) is 11.0. The average Bonchev–Trinajstić information content (AvgIpc) is 3.34. The summed E-state index contributed by atoms with van der Waals surface area (Å²) in [5.41, 5.74) is 6.51. The molecule has 0 radical (unpaired) electrons.